The summed E-state index contributed by atoms with van der Waals surface area (Å²) in [7, 11) is 3.55. The molecule has 1 saturated carbocycles. The molecule has 0 radical (unpaired) electrons. The number of carbonyl (C=O) groups excluding carboxylic acids is 1. The zero-order chi connectivity index (χ0) is 28.2. The summed E-state index contributed by atoms with van der Waals surface area (Å²) in [6, 6.07) is 24.5. The van der Waals surface area contributed by atoms with Crippen molar-refractivity contribution in [3.8, 4) is 11.5 Å². The maximum Gasteiger partial charge on any atom is 0.246 e. The lowest BCUT2D eigenvalue weighted by Gasteiger charge is -2.64. The van der Waals surface area contributed by atoms with Crippen LogP contribution in [0.25, 0.3) is 6.08 Å². The van der Waals surface area contributed by atoms with Crippen LogP contribution in [0.2, 0.25) is 0 Å². The molecular formula is C35H38N2O4. The third kappa shape index (κ3) is 3.95. The maximum atomic E-state index is 13.5. The molecule has 3 aromatic carbocycles. The van der Waals surface area contributed by atoms with E-state index in [1.54, 1.807) is 13.2 Å². The van der Waals surface area contributed by atoms with Gasteiger partial charge in [0.05, 0.1) is 24.2 Å². The van der Waals surface area contributed by atoms with Gasteiger partial charge in [0, 0.05) is 31.3 Å². The Kier molecular flexibility index (Phi) is 6.44. The Morgan fingerprint density at radius 2 is 1.85 bits per heavy atom. The van der Waals surface area contributed by atoms with Crippen LogP contribution in [0.3, 0.4) is 0 Å². The molecule has 5 atom stereocenters. The fourth-order valence-electron chi connectivity index (χ4n) is 8.35. The molecule has 0 aromatic heterocycles. The highest BCUT2D eigenvalue weighted by atomic mass is 16.5. The molecule has 6 heteroatoms. The molecule has 1 saturated heterocycles. The molecule has 1 spiro atoms. The first kappa shape index (κ1) is 26.3. The molecule has 1 N–H and O–H groups in total. The van der Waals surface area contributed by atoms with Gasteiger partial charge in [-0.2, -0.15) is 0 Å². The normalized spacial score (nSPS) is 29.6. The van der Waals surface area contributed by atoms with Crippen LogP contribution in [0, 0.1) is 0 Å². The van der Waals surface area contributed by atoms with Gasteiger partial charge in [0.25, 0.3) is 0 Å². The zero-order valence-electron chi connectivity index (χ0n) is 23.8. The molecule has 4 aliphatic rings. The smallest absolute Gasteiger partial charge is 0.246 e. The summed E-state index contributed by atoms with van der Waals surface area (Å²) in [4.78, 5) is 17.8. The second kappa shape index (κ2) is 10.0. The minimum absolute atomic E-state index is 0.00200. The van der Waals surface area contributed by atoms with Gasteiger partial charge in [0.15, 0.2) is 11.5 Å². The molecular weight excluding hydrogens is 512 g/mol. The van der Waals surface area contributed by atoms with E-state index in [1.165, 1.54) is 11.1 Å². The number of rotatable bonds is 7. The van der Waals surface area contributed by atoms with E-state index in [2.05, 4.69) is 41.3 Å². The molecule has 2 aliphatic heterocycles. The van der Waals surface area contributed by atoms with Gasteiger partial charge in [-0.05, 0) is 67.5 Å². The van der Waals surface area contributed by atoms with Crippen molar-refractivity contribution in [2.75, 3.05) is 27.2 Å². The Hall–Kier alpha value is -3.61. The second-order valence-corrected chi connectivity index (χ2v) is 12.1. The van der Waals surface area contributed by atoms with Gasteiger partial charge >= 0.3 is 0 Å². The van der Waals surface area contributed by atoms with E-state index in [0.717, 1.165) is 49.2 Å². The van der Waals surface area contributed by atoms with E-state index in [1.807, 2.05) is 54.4 Å². The third-order valence-electron chi connectivity index (χ3n) is 10.3. The lowest BCUT2D eigenvalue weighted by molar-refractivity contribution is -0.199. The lowest BCUT2D eigenvalue weighted by Crippen LogP contribution is -2.78. The summed E-state index contributed by atoms with van der Waals surface area (Å²) in [5, 5.41) is 12.9. The number of likely N-dealkylation sites (tertiary alicyclic amines) is 1. The Morgan fingerprint density at radius 3 is 2.61 bits per heavy atom. The summed E-state index contributed by atoms with van der Waals surface area (Å²) in [6.45, 7) is 1.79. The van der Waals surface area contributed by atoms with E-state index in [-0.39, 0.29) is 24.1 Å². The molecule has 7 rings (SSSR count). The van der Waals surface area contributed by atoms with Crippen LogP contribution in [-0.2, 0) is 23.1 Å². The molecule has 2 fully saturated rings. The molecule has 6 nitrogen and oxygen atoms in total. The van der Waals surface area contributed by atoms with Gasteiger partial charge in [-0.3, -0.25) is 9.69 Å². The fraction of sp³-hybridized carbons (Fsp3) is 0.400. The number of methoxy groups -OCH3 is 1. The van der Waals surface area contributed by atoms with Crippen molar-refractivity contribution >= 4 is 12.0 Å². The number of amides is 1. The average Bonchev–Trinajstić information content (AvgIpc) is 3.35. The molecule has 3 aromatic rings. The van der Waals surface area contributed by atoms with E-state index in [4.69, 9.17) is 9.47 Å². The number of nitrogens with zero attached hydrogens (tertiary/aromatic N) is 2. The molecule has 2 aliphatic carbocycles. The first-order chi connectivity index (χ1) is 20.0. The number of hydrogen-bond acceptors (Lipinski definition) is 5. The maximum absolute atomic E-state index is 13.5. The summed E-state index contributed by atoms with van der Waals surface area (Å²) in [5.74, 6) is 1.41. The predicted octanol–water partition coefficient (Wildman–Crippen LogP) is 4.63. The van der Waals surface area contributed by atoms with Crippen LogP contribution in [0.5, 0.6) is 11.5 Å². The van der Waals surface area contributed by atoms with Crippen molar-refractivity contribution in [1.82, 2.24) is 9.80 Å². The van der Waals surface area contributed by atoms with Crippen molar-refractivity contribution in [2.24, 2.45) is 0 Å². The number of aliphatic hydroxyl groups is 1. The number of benzene rings is 3. The molecule has 212 valence electrons. The van der Waals surface area contributed by atoms with Gasteiger partial charge in [-0.15, -0.1) is 0 Å². The molecule has 0 unspecified atom stereocenters. The predicted molar refractivity (Wildman–Crippen MR) is 159 cm³/mol. The first-order valence-electron chi connectivity index (χ1n) is 14.8. The van der Waals surface area contributed by atoms with E-state index in [9.17, 15) is 9.90 Å². The van der Waals surface area contributed by atoms with Gasteiger partial charge in [0.1, 0.15) is 6.10 Å². The second-order valence-electron chi connectivity index (χ2n) is 12.1. The standard InChI is InChI=1S/C35H38N2O4/c1-36(30(38)16-13-24-9-5-3-6-10-24)27-17-19-35(39)29-23-26-14-15-28(40-2)32-31(26)34(35,33(27)41-32)20-22-37(29)21-18-25-11-7-4-8-12-25/h3-16,27,29,33,39H,17-23H2,1-2H3/t27-,29-,33+,34+,35-/m1/s1. The van der Waals surface area contributed by atoms with Crippen molar-refractivity contribution in [1.29, 1.82) is 0 Å². The van der Waals surface area contributed by atoms with Crippen LogP contribution < -0.4 is 9.47 Å². The average molecular weight is 551 g/mol. The Balaban J connectivity index is 1.23. The highest BCUT2D eigenvalue weighted by Crippen LogP contribution is 2.65. The van der Waals surface area contributed by atoms with Crippen molar-refractivity contribution in [3.63, 3.8) is 0 Å². The minimum Gasteiger partial charge on any atom is -0.493 e. The first-order valence-corrected chi connectivity index (χ1v) is 14.8. The van der Waals surface area contributed by atoms with Crippen LogP contribution in [0.4, 0.5) is 0 Å². The highest BCUT2D eigenvalue weighted by molar-refractivity contribution is 5.92. The lowest BCUT2D eigenvalue weighted by atomic mass is 9.48. The number of hydrogen-bond donors (Lipinski definition) is 1. The Labute approximate surface area is 242 Å². The number of carbonyl (C=O) groups is 1. The van der Waals surface area contributed by atoms with Crippen molar-refractivity contribution in [3.05, 3.63) is 101 Å². The minimum atomic E-state index is -0.947. The van der Waals surface area contributed by atoms with Crippen molar-refractivity contribution in [2.45, 2.75) is 61.3 Å². The molecule has 1 amide bonds. The number of ether oxygens (including phenoxy) is 2. The number of likely N-dealkylation sites (N-methyl/N-ethyl adjacent to an activating group) is 1. The highest BCUT2D eigenvalue weighted by Gasteiger charge is 2.73. The molecule has 41 heavy (non-hydrogen) atoms. The van der Waals surface area contributed by atoms with E-state index >= 15 is 0 Å². The van der Waals surface area contributed by atoms with Crippen LogP contribution in [-0.4, -0.2) is 71.8 Å². The summed E-state index contributed by atoms with van der Waals surface area (Å²) >= 11 is 0. The van der Waals surface area contributed by atoms with Crippen LogP contribution >= 0.6 is 0 Å². The van der Waals surface area contributed by atoms with Gasteiger partial charge in [-0.1, -0.05) is 66.7 Å². The summed E-state index contributed by atoms with van der Waals surface area (Å²) < 4.78 is 12.6. The summed E-state index contributed by atoms with van der Waals surface area (Å²) in [5.41, 5.74) is 3.13. The molecule has 2 heterocycles. The van der Waals surface area contributed by atoms with Crippen LogP contribution in [0.15, 0.2) is 78.9 Å². The largest absolute Gasteiger partial charge is 0.493 e. The topological polar surface area (TPSA) is 62.2 Å². The monoisotopic (exact) mass is 550 g/mol. The zero-order valence-corrected chi connectivity index (χ0v) is 23.8. The SMILES string of the molecule is COc1ccc2c3c1O[C@H]1[C@H](N(C)C(=O)C=Cc4ccccc4)CC[C@@]4(O)[C@@H](C2)N(CCc2ccccc2)CC[C@]314. The summed E-state index contributed by atoms with van der Waals surface area (Å²) in [6.07, 6.45) is 7.00. The fourth-order valence-corrected chi connectivity index (χ4v) is 8.35. The Bertz CT molecular complexity index is 1470. The third-order valence-corrected chi connectivity index (χ3v) is 10.3. The quantitative estimate of drug-likeness (QED) is 0.435. The van der Waals surface area contributed by atoms with E-state index < -0.39 is 11.0 Å². The van der Waals surface area contributed by atoms with Gasteiger partial charge < -0.3 is 19.5 Å². The van der Waals surface area contributed by atoms with Gasteiger partial charge in [0.2, 0.25) is 5.91 Å². The van der Waals surface area contributed by atoms with E-state index in [0.29, 0.717) is 18.6 Å². The van der Waals surface area contributed by atoms with Crippen molar-refractivity contribution < 1.29 is 19.4 Å². The van der Waals surface area contributed by atoms with Crippen LogP contribution in [0.1, 0.15) is 41.5 Å². The van der Waals surface area contributed by atoms with Gasteiger partial charge in [-0.25, -0.2) is 0 Å². The molecule has 2 bridgehead atoms. The number of piperidine rings is 1. The Morgan fingerprint density at radius 1 is 1.10 bits per heavy atom.